The number of fused-ring (bicyclic) bond motifs is 1. The second-order valence-electron chi connectivity index (χ2n) is 4.86. The van der Waals surface area contributed by atoms with E-state index in [0.717, 1.165) is 0 Å². The van der Waals surface area contributed by atoms with E-state index in [1.807, 2.05) is 25.9 Å². The average molecular weight is 247 g/mol. The second kappa shape index (κ2) is 4.42. The predicted octanol–water partition coefficient (Wildman–Crippen LogP) is 0.815. The number of carbonyl (C=O) groups excluding carboxylic acids is 2. The summed E-state index contributed by atoms with van der Waals surface area (Å²) in [5, 5.41) is 0. The first-order valence-electron chi connectivity index (χ1n) is 5.84. The summed E-state index contributed by atoms with van der Waals surface area (Å²) < 4.78 is 0. The molecule has 2 N–H and O–H groups in total. The van der Waals surface area contributed by atoms with Crippen LogP contribution >= 0.6 is 0 Å². The van der Waals surface area contributed by atoms with Gasteiger partial charge in [0.15, 0.2) is 0 Å². The number of nitrogens with zero attached hydrogens (tertiary/aromatic N) is 2. The summed E-state index contributed by atoms with van der Waals surface area (Å²) >= 11 is 0. The number of nitrogens with two attached hydrogens (primary N) is 1. The molecule has 0 bridgehead atoms. The van der Waals surface area contributed by atoms with Crippen molar-refractivity contribution in [2.75, 3.05) is 26.4 Å². The summed E-state index contributed by atoms with van der Waals surface area (Å²) in [5.74, 6) is -0.542. The molecule has 5 nitrogen and oxygen atoms in total. The van der Waals surface area contributed by atoms with E-state index in [-0.39, 0.29) is 17.9 Å². The molecule has 1 aromatic rings. The lowest BCUT2D eigenvalue weighted by Gasteiger charge is -2.25. The number of hydrogen-bond acceptors (Lipinski definition) is 4. The lowest BCUT2D eigenvalue weighted by Crippen LogP contribution is -2.43. The Labute approximate surface area is 106 Å². The fourth-order valence-electron chi connectivity index (χ4n) is 2.34. The minimum Gasteiger partial charge on any atom is -0.398 e. The molecule has 0 aromatic heterocycles. The van der Waals surface area contributed by atoms with Gasteiger partial charge in [-0.2, -0.15) is 0 Å². The van der Waals surface area contributed by atoms with Crippen molar-refractivity contribution in [3.8, 4) is 0 Å². The van der Waals surface area contributed by atoms with Crippen molar-refractivity contribution in [3.63, 3.8) is 0 Å². The van der Waals surface area contributed by atoms with Gasteiger partial charge in [0.1, 0.15) is 0 Å². The van der Waals surface area contributed by atoms with Gasteiger partial charge in [-0.15, -0.1) is 0 Å². The number of nitrogen functional groups attached to an aromatic ring is 1. The monoisotopic (exact) mass is 247 g/mol. The lowest BCUT2D eigenvalue weighted by atomic mass is 10.1. The van der Waals surface area contributed by atoms with Gasteiger partial charge in [0.05, 0.1) is 17.2 Å². The largest absolute Gasteiger partial charge is 0.398 e. The third-order valence-electron chi connectivity index (χ3n) is 3.05. The van der Waals surface area contributed by atoms with Crippen molar-refractivity contribution in [3.05, 3.63) is 29.3 Å². The van der Waals surface area contributed by atoms with Gasteiger partial charge in [0.25, 0.3) is 11.8 Å². The van der Waals surface area contributed by atoms with Crippen LogP contribution in [-0.4, -0.2) is 48.3 Å². The standard InChI is InChI=1S/C13H17N3O2/c1-8(7-15(2)3)16-12(17)9-5-4-6-10(14)11(9)13(16)18/h4-6,8H,7,14H2,1-3H3. The first kappa shape index (κ1) is 12.6. The van der Waals surface area contributed by atoms with Crippen LogP contribution in [-0.2, 0) is 0 Å². The first-order valence-corrected chi connectivity index (χ1v) is 5.84. The predicted molar refractivity (Wildman–Crippen MR) is 69.4 cm³/mol. The molecule has 1 aliphatic rings. The Bertz CT molecular complexity index is 511. The second-order valence-corrected chi connectivity index (χ2v) is 4.86. The third-order valence-corrected chi connectivity index (χ3v) is 3.05. The summed E-state index contributed by atoms with van der Waals surface area (Å²) in [6.45, 7) is 2.49. The maximum absolute atomic E-state index is 12.3. The molecule has 1 unspecified atom stereocenters. The van der Waals surface area contributed by atoms with Crippen LogP contribution in [0.2, 0.25) is 0 Å². The van der Waals surface area contributed by atoms with E-state index in [0.29, 0.717) is 23.4 Å². The topological polar surface area (TPSA) is 66.6 Å². The van der Waals surface area contributed by atoms with Crippen molar-refractivity contribution >= 4 is 17.5 Å². The average Bonchev–Trinajstić information content (AvgIpc) is 2.51. The fraction of sp³-hybridized carbons (Fsp3) is 0.385. The Morgan fingerprint density at radius 1 is 1.28 bits per heavy atom. The zero-order chi connectivity index (χ0) is 13.4. The number of anilines is 1. The van der Waals surface area contributed by atoms with Crippen LogP contribution in [0.5, 0.6) is 0 Å². The van der Waals surface area contributed by atoms with Gasteiger partial charge >= 0.3 is 0 Å². The Balaban J connectivity index is 2.37. The number of hydrogen-bond donors (Lipinski definition) is 1. The van der Waals surface area contributed by atoms with E-state index in [4.69, 9.17) is 5.73 Å². The Hall–Kier alpha value is -1.88. The van der Waals surface area contributed by atoms with Gasteiger partial charge in [-0.1, -0.05) is 6.07 Å². The van der Waals surface area contributed by atoms with Gasteiger partial charge in [-0.05, 0) is 33.2 Å². The number of imide groups is 1. The molecule has 2 amide bonds. The van der Waals surface area contributed by atoms with E-state index in [1.165, 1.54) is 4.90 Å². The van der Waals surface area contributed by atoms with Gasteiger partial charge in [-0.3, -0.25) is 14.5 Å². The normalized spacial score (nSPS) is 16.3. The molecule has 0 radical (unpaired) electrons. The lowest BCUT2D eigenvalue weighted by molar-refractivity contribution is 0.0576. The third kappa shape index (κ3) is 1.86. The minimum absolute atomic E-state index is 0.174. The van der Waals surface area contributed by atoms with Crippen molar-refractivity contribution in [2.45, 2.75) is 13.0 Å². The molecular weight excluding hydrogens is 230 g/mol. The molecule has 0 spiro atoms. The Morgan fingerprint density at radius 2 is 1.94 bits per heavy atom. The number of benzene rings is 1. The molecule has 1 heterocycles. The van der Waals surface area contributed by atoms with Gasteiger partial charge in [-0.25, -0.2) is 0 Å². The summed E-state index contributed by atoms with van der Waals surface area (Å²) in [5.41, 5.74) is 6.89. The van der Waals surface area contributed by atoms with Crippen molar-refractivity contribution in [2.24, 2.45) is 0 Å². The van der Waals surface area contributed by atoms with Crippen LogP contribution in [0.1, 0.15) is 27.6 Å². The van der Waals surface area contributed by atoms with Crippen LogP contribution in [0.4, 0.5) is 5.69 Å². The molecular formula is C13H17N3O2. The van der Waals surface area contributed by atoms with Gasteiger partial charge in [0.2, 0.25) is 0 Å². The van der Waals surface area contributed by atoms with Crippen LogP contribution in [0, 0.1) is 0 Å². The summed E-state index contributed by atoms with van der Waals surface area (Å²) in [6.07, 6.45) is 0. The quantitative estimate of drug-likeness (QED) is 0.634. The summed E-state index contributed by atoms with van der Waals surface area (Å²) in [7, 11) is 3.81. The smallest absolute Gasteiger partial charge is 0.263 e. The van der Waals surface area contributed by atoms with E-state index in [9.17, 15) is 9.59 Å². The van der Waals surface area contributed by atoms with E-state index in [1.54, 1.807) is 18.2 Å². The van der Waals surface area contributed by atoms with Crippen LogP contribution in [0.25, 0.3) is 0 Å². The molecule has 1 atom stereocenters. The molecule has 0 fully saturated rings. The van der Waals surface area contributed by atoms with Crippen LogP contribution in [0.15, 0.2) is 18.2 Å². The molecule has 2 rings (SSSR count). The molecule has 0 saturated heterocycles. The van der Waals surface area contributed by atoms with Crippen LogP contribution < -0.4 is 5.73 Å². The van der Waals surface area contributed by atoms with E-state index < -0.39 is 0 Å². The SMILES string of the molecule is CC(CN(C)C)N1C(=O)c2cccc(N)c2C1=O. The maximum Gasteiger partial charge on any atom is 0.263 e. The number of likely N-dealkylation sites (N-methyl/N-ethyl adjacent to an activating group) is 1. The zero-order valence-electron chi connectivity index (χ0n) is 10.8. The number of carbonyl (C=O) groups is 2. The van der Waals surface area contributed by atoms with E-state index in [2.05, 4.69) is 0 Å². The first-order chi connectivity index (χ1) is 8.43. The van der Waals surface area contributed by atoms with Crippen molar-refractivity contribution in [1.82, 2.24) is 9.80 Å². The highest BCUT2D eigenvalue weighted by Gasteiger charge is 2.39. The highest BCUT2D eigenvalue weighted by atomic mass is 16.2. The Kier molecular flexibility index (Phi) is 3.09. The fourth-order valence-corrected chi connectivity index (χ4v) is 2.34. The van der Waals surface area contributed by atoms with Crippen molar-refractivity contribution in [1.29, 1.82) is 0 Å². The maximum atomic E-state index is 12.3. The van der Waals surface area contributed by atoms with Gasteiger partial charge in [0, 0.05) is 12.2 Å². The molecule has 5 heteroatoms. The summed E-state index contributed by atoms with van der Waals surface area (Å²) in [6, 6.07) is 4.81. The highest BCUT2D eigenvalue weighted by molar-refractivity contribution is 6.23. The highest BCUT2D eigenvalue weighted by Crippen LogP contribution is 2.28. The Morgan fingerprint density at radius 3 is 2.50 bits per heavy atom. The molecule has 0 aliphatic carbocycles. The molecule has 1 aliphatic heterocycles. The molecule has 96 valence electrons. The number of rotatable bonds is 3. The van der Waals surface area contributed by atoms with Crippen LogP contribution in [0.3, 0.4) is 0 Å². The zero-order valence-corrected chi connectivity index (χ0v) is 10.8. The van der Waals surface area contributed by atoms with Crippen molar-refractivity contribution < 1.29 is 9.59 Å². The molecule has 1 aromatic carbocycles. The molecule has 18 heavy (non-hydrogen) atoms. The molecule has 0 saturated carbocycles. The minimum atomic E-state index is -0.289. The van der Waals surface area contributed by atoms with Gasteiger partial charge < -0.3 is 10.6 Å². The van der Waals surface area contributed by atoms with E-state index >= 15 is 0 Å². The summed E-state index contributed by atoms with van der Waals surface area (Å²) in [4.78, 5) is 27.7. The number of amides is 2.